The van der Waals surface area contributed by atoms with Gasteiger partial charge in [-0.15, -0.1) is 11.3 Å². The molecule has 1 aromatic rings. The molecular formula is C11H19N3OS. The van der Waals surface area contributed by atoms with Crippen LogP contribution < -0.4 is 10.2 Å². The van der Waals surface area contributed by atoms with E-state index >= 15 is 0 Å². The van der Waals surface area contributed by atoms with Gasteiger partial charge in [-0.1, -0.05) is 0 Å². The maximum atomic E-state index is 5.43. The zero-order chi connectivity index (χ0) is 11.5. The van der Waals surface area contributed by atoms with Crippen LogP contribution in [0.3, 0.4) is 0 Å². The molecule has 0 aliphatic carbocycles. The maximum Gasteiger partial charge on any atom is 0.185 e. The number of hydrogen-bond donors (Lipinski definition) is 1. The molecule has 1 aliphatic heterocycles. The molecule has 0 spiro atoms. The van der Waals surface area contributed by atoms with E-state index in [2.05, 4.69) is 34.4 Å². The average molecular weight is 241 g/mol. The summed E-state index contributed by atoms with van der Waals surface area (Å²) >= 11 is 1.72. The molecule has 1 fully saturated rings. The number of morpholine rings is 1. The molecule has 1 saturated heterocycles. The molecule has 2 heterocycles. The van der Waals surface area contributed by atoms with Gasteiger partial charge in [0.05, 0.1) is 24.9 Å². The monoisotopic (exact) mass is 241 g/mol. The second kappa shape index (κ2) is 5.12. The van der Waals surface area contributed by atoms with E-state index in [1.54, 1.807) is 11.3 Å². The highest BCUT2D eigenvalue weighted by Gasteiger charge is 2.22. The van der Waals surface area contributed by atoms with Crippen molar-refractivity contribution in [2.45, 2.75) is 25.9 Å². The van der Waals surface area contributed by atoms with Gasteiger partial charge in [0.15, 0.2) is 5.13 Å². The molecule has 0 bridgehead atoms. The molecule has 1 aliphatic rings. The number of anilines is 1. The topological polar surface area (TPSA) is 37.4 Å². The Morgan fingerprint density at radius 1 is 1.69 bits per heavy atom. The van der Waals surface area contributed by atoms with Crippen LogP contribution in [0.15, 0.2) is 5.38 Å². The first kappa shape index (κ1) is 11.8. The van der Waals surface area contributed by atoms with E-state index < -0.39 is 0 Å². The molecule has 1 aromatic heterocycles. The van der Waals surface area contributed by atoms with E-state index in [-0.39, 0.29) is 0 Å². The second-order valence-electron chi connectivity index (χ2n) is 4.18. The Morgan fingerprint density at radius 3 is 3.19 bits per heavy atom. The lowest BCUT2D eigenvalue weighted by molar-refractivity contribution is 0.0989. The van der Waals surface area contributed by atoms with E-state index in [9.17, 15) is 0 Å². The Morgan fingerprint density at radius 2 is 2.50 bits per heavy atom. The van der Waals surface area contributed by atoms with Gasteiger partial charge in [-0.2, -0.15) is 0 Å². The van der Waals surface area contributed by atoms with Gasteiger partial charge in [0, 0.05) is 18.0 Å². The highest BCUT2D eigenvalue weighted by Crippen LogP contribution is 2.26. The first-order valence-corrected chi connectivity index (χ1v) is 6.57. The minimum Gasteiger partial charge on any atom is -0.377 e. The Hall–Kier alpha value is -0.650. The van der Waals surface area contributed by atoms with E-state index in [1.165, 1.54) is 0 Å². The van der Waals surface area contributed by atoms with Crippen LogP contribution in [-0.2, 0) is 4.74 Å². The molecule has 0 amide bonds. The average Bonchev–Trinajstić information content (AvgIpc) is 2.78. The van der Waals surface area contributed by atoms with Crippen LogP contribution in [0.1, 0.15) is 25.6 Å². The van der Waals surface area contributed by atoms with E-state index in [0.29, 0.717) is 12.1 Å². The first-order valence-electron chi connectivity index (χ1n) is 5.69. The number of nitrogens with zero attached hydrogens (tertiary/aromatic N) is 2. The van der Waals surface area contributed by atoms with Crippen molar-refractivity contribution in [3.05, 3.63) is 11.1 Å². The number of thiazole rings is 1. The van der Waals surface area contributed by atoms with Crippen molar-refractivity contribution in [3.8, 4) is 0 Å². The van der Waals surface area contributed by atoms with E-state index in [0.717, 1.165) is 30.6 Å². The third-order valence-electron chi connectivity index (χ3n) is 3.00. The molecule has 4 nitrogen and oxygen atoms in total. The number of nitrogens with one attached hydrogen (secondary N) is 1. The van der Waals surface area contributed by atoms with Crippen molar-refractivity contribution in [1.82, 2.24) is 10.3 Å². The van der Waals surface area contributed by atoms with Gasteiger partial charge >= 0.3 is 0 Å². The van der Waals surface area contributed by atoms with E-state index in [4.69, 9.17) is 4.74 Å². The summed E-state index contributed by atoms with van der Waals surface area (Å²) < 4.78 is 5.43. The summed E-state index contributed by atoms with van der Waals surface area (Å²) in [6.07, 6.45) is 0. The van der Waals surface area contributed by atoms with Gasteiger partial charge < -0.3 is 15.0 Å². The summed E-state index contributed by atoms with van der Waals surface area (Å²) in [7, 11) is 1.96. The lowest BCUT2D eigenvalue weighted by Crippen LogP contribution is -2.43. The molecule has 0 aromatic carbocycles. The number of hydrogen-bond acceptors (Lipinski definition) is 5. The molecule has 90 valence electrons. The maximum absolute atomic E-state index is 5.43. The van der Waals surface area contributed by atoms with Gasteiger partial charge in [-0.3, -0.25) is 0 Å². The van der Waals surface area contributed by atoms with Crippen molar-refractivity contribution in [2.24, 2.45) is 0 Å². The van der Waals surface area contributed by atoms with Gasteiger partial charge in [-0.25, -0.2) is 4.98 Å². The Balaban J connectivity index is 2.11. The molecular weight excluding hydrogens is 222 g/mol. The number of rotatable bonds is 3. The summed E-state index contributed by atoms with van der Waals surface area (Å²) in [6.45, 7) is 6.86. The molecule has 2 unspecified atom stereocenters. The number of aromatic nitrogens is 1. The van der Waals surface area contributed by atoms with Gasteiger partial charge in [0.1, 0.15) is 0 Å². The fraction of sp³-hybridized carbons (Fsp3) is 0.727. The van der Waals surface area contributed by atoms with Crippen molar-refractivity contribution < 1.29 is 4.74 Å². The van der Waals surface area contributed by atoms with Crippen molar-refractivity contribution in [1.29, 1.82) is 0 Å². The fourth-order valence-electron chi connectivity index (χ4n) is 1.77. The zero-order valence-corrected chi connectivity index (χ0v) is 10.9. The third kappa shape index (κ3) is 2.36. The Bertz CT molecular complexity index is 342. The molecule has 2 atom stereocenters. The summed E-state index contributed by atoms with van der Waals surface area (Å²) in [5.41, 5.74) is 1.13. The Labute approximate surface area is 101 Å². The van der Waals surface area contributed by atoms with Crippen LogP contribution in [0.4, 0.5) is 5.13 Å². The minimum atomic E-state index is 0.321. The smallest absolute Gasteiger partial charge is 0.185 e. The standard InChI is InChI=1S/C11H19N3OS/c1-8-6-15-5-4-14(8)11-13-10(7-16-11)9(2)12-3/h7-9,12H,4-6H2,1-3H3. The highest BCUT2D eigenvalue weighted by molar-refractivity contribution is 7.13. The normalized spacial score (nSPS) is 23.4. The van der Waals surface area contributed by atoms with Crippen LogP contribution in [0.25, 0.3) is 0 Å². The largest absolute Gasteiger partial charge is 0.377 e. The lowest BCUT2D eigenvalue weighted by Gasteiger charge is -2.32. The zero-order valence-electron chi connectivity index (χ0n) is 10.1. The van der Waals surface area contributed by atoms with Gasteiger partial charge in [0.25, 0.3) is 0 Å². The molecule has 5 heteroatoms. The van der Waals surface area contributed by atoms with Crippen LogP contribution >= 0.6 is 11.3 Å². The number of ether oxygens (including phenoxy) is 1. The highest BCUT2D eigenvalue weighted by atomic mass is 32.1. The molecule has 1 N–H and O–H groups in total. The summed E-state index contributed by atoms with van der Waals surface area (Å²) in [4.78, 5) is 7.01. The van der Waals surface area contributed by atoms with Crippen LogP contribution in [0.2, 0.25) is 0 Å². The minimum absolute atomic E-state index is 0.321. The molecule has 2 rings (SSSR count). The van der Waals surface area contributed by atoms with Crippen LogP contribution in [0.5, 0.6) is 0 Å². The molecule has 0 radical (unpaired) electrons. The van der Waals surface area contributed by atoms with Crippen molar-refractivity contribution >= 4 is 16.5 Å². The molecule has 0 saturated carbocycles. The van der Waals surface area contributed by atoms with Crippen molar-refractivity contribution in [2.75, 3.05) is 31.7 Å². The SMILES string of the molecule is CNC(C)c1csc(N2CCOCC2C)n1. The summed E-state index contributed by atoms with van der Waals surface area (Å²) in [5, 5.41) is 6.47. The lowest BCUT2D eigenvalue weighted by atomic mass is 10.2. The van der Waals surface area contributed by atoms with Crippen LogP contribution in [0, 0.1) is 0 Å². The predicted molar refractivity (Wildman–Crippen MR) is 67.2 cm³/mol. The van der Waals surface area contributed by atoms with Crippen molar-refractivity contribution in [3.63, 3.8) is 0 Å². The quantitative estimate of drug-likeness (QED) is 0.873. The third-order valence-corrected chi connectivity index (χ3v) is 3.90. The second-order valence-corrected chi connectivity index (χ2v) is 5.02. The summed E-state index contributed by atoms with van der Waals surface area (Å²) in [5.74, 6) is 0. The van der Waals surface area contributed by atoms with Gasteiger partial charge in [0.2, 0.25) is 0 Å². The van der Waals surface area contributed by atoms with E-state index in [1.807, 2.05) is 7.05 Å². The van der Waals surface area contributed by atoms with Gasteiger partial charge in [-0.05, 0) is 20.9 Å². The summed E-state index contributed by atoms with van der Waals surface area (Å²) in [6, 6.07) is 0.749. The molecule has 16 heavy (non-hydrogen) atoms. The fourth-order valence-corrected chi connectivity index (χ4v) is 2.81. The predicted octanol–water partition coefficient (Wildman–Crippen LogP) is 1.65. The Kier molecular flexibility index (Phi) is 3.78. The first-order chi connectivity index (χ1) is 7.72. The van der Waals surface area contributed by atoms with Crippen LogP contribution in [-0.4, -0.2) is 37.8 Å².